The van der Waals surface area contributed by atoms with Gasteiger partial charge >= 0.3 is 5.97 Å². The van der Waals surface area contributed by atoms with E-state index in [2.05, 4.69) is 10.2 Å². The zero-order chi connectivity index (χ0) is 13.6. The Morgan fingerprint density at radius 1 is 1.53 bits per heavy atom. The smallest absolute Gasteiger partial charge is 0.311 e. The van der Waals surface area contributed by atoms with Crippen LogP contribution in [0.3, 0.4) is 0 Å². The largest absolute Gasteiger partial charge is 0.481 e. The summed E-state index contributed by atoms with van der Waals surface area (Å²) in [5.41, 5.74) is 1.34. The molecule has 1 aromatic rings. The fourth-order valence-corrected chi connectivity index (χ4v) is 3.34. The Kier molecular flexibility index (Phi) is 2.93. The van der Waals surface area contributed by atoms with Gasteiger partial charge in [-0.1, -0.05) is 0 Å². The lowest BCUT2D eigenvalue weighted by Crippen LogP contribution is -2.51. The topological polar surface area (TPSA) is 52.6 Å². The number of aliphatic carboxylic acids is 1. The number of carboxylic acids is 1. The first-order valence-electron chi connectivity index (χ1n) is 6.53. The number of fused-ring (bicyclic) bond motifs is 2. The van der Waals surface area contributed by atoms with Crippen LogP contribution in [0.25, 0.3) is 0 Å². The van der Waals surface area contributed by atoms with Gasteiger partial charge in [0.05, 0.1) is 5.92 Å². The molecule has 19 heavy (non-hydrogen) atoms. The van der Waals surface area contributed by atoms with Crippen molar-refractivity contribution in [1.29, 1.82) is 0 Å². The molecule has 0 bridgehead atoms. The molecule has 1 saturated heterocycles. The number of carboxylic acid groups (broad SMARTS) is 1. The molecule has 102 valence electrons. The summed E-state index contributed by atoms with van der Waals surface area (Å²) in [5, 5.41) is 12.9. The van der Waals surface area contributed by atoms with E-state index in [1.165, 1.54) is 12.1 Å². The summed E-state index contributed by atoms with van der Waals surface area (Å²) in [6.07, 6.45) is 0.918. The molecule has 2 N–H and O–H groups in total. The second-order valence-electron chi connectivity index (χ2n) is 5.51. The fourth-order valence-electron chi connectivity index (χ4n) is 3.34. The van der Waals surface area contributed by atoms with Crippen molar-refractivity contribution < 1.29 is 14.3 Å². The van der Waals surface area contributed by atoms with Crippen LogP contribution in [0.2, 0.25) is 0 Å². The van der Waals surface area contributed by atoms with Crippen LogP contribution >= 0.6 is 0 Å². The summed E-state index contributed by atoms with van der Waals surface area (Å²) in [7, 11) is 2.00. The van der Waals surface area contributed by atoms with Crippen LogP contribution < -0.4 is 5.32 Å². The number of hydrogen-bond donors (Lipinski definition) is 2. The Morgan fingerprint density at radius 2 is 2.32 bits per heavy atom. The van der Waals surface area contributed by atoms with E-state index in [9.17, 15) is 14.3 Å². The lowest BCUT2D eigenvalue weighted by molar-refractivity contribution is -0.141. The number of halogens is 1. The number of piperidine rings is 1. The number of carbonyl (C=O) groups is 1. The van der Waals surface area contributed by atoms with Crippen molar-refractivity contribution in [3.63, 3.8) is 0 Å². The summed E-state index contributed by atoms with van der Waals surface area (Å²) >= 11 is 0. The summed E-state index contributed by atoms with van der Waals surface area (Å²) in [4.78, 5) is 13.8. The van der Waals surface area contributed by atoms with E-state index in [4.69, 9.17) is 0 Å². The van der Waals surface area contributed by atoms with Gasteiger partial charge in [-0.2, -0.15) is 0 Å². The molecule has 2 heterocycles. The highest BCUT2D eigenvalue weighted by molar-refractivity contribution is 5.81. The van der Waals surface area contributed by atoms with Crippen LogP contribution in [0.15, 0.2) is 18.2 Å². The molecule has 0 saturated carbocycles. The van der Waals surface area contributed by atoms with Crippen LogP contribution in [0.5, 0.6) is 0 Å². The first-order chi connectivity index (χ1) is 9.06. The number of benzene rings is 1. The third-order valence-corrected chi connectivity index (χ3v) is 4.24. The Hall–Kier alpha value is -1.62. The van der Waals surface area contributed by atoms with Gasteiger partial charge in [-0.05, 0) is 43.8 Å². The SMILES string of the molecule is CN1CCC2Nc3ccc(F)cc3C(C(=O)O)C2C1. The molecule has 1 fully saturated rings. The number of rotatable bonds is 1. The minimum Gasteiger partial charge on any atom is -0.481 e. The van der Waals surface area contributed by atoms with E-state index >= 15 is 0 Å². The number of hydrogen-bond acceptors (Lipinski definition) is 3. The minimum atomic E-state index is -0.862. The molecule has 0 aromatic heterocycles. The lowest BCUT2D eigenvalue weighted by Gasteiger charge is -2.44. The summed E-state index contributed by atoms with van der Waals surface area (Å²) < 4.78 is 13.4. The van der Waals surface area contributed by atoms with Crippen LogP contribution in [-0.4, -0.2) is 42.2 Å². The Morgan fingerprint density at radius 3 is 3.05 bits per heavy atom. The summed E-state index contributed by atoms with van der Waals surface area (Å²) in [5.74, 6) is -1.88. The van der Waals surface area contributed by atoms with Crippen molar-refractivity contribution in [3.05, 3.63) is 29.6 Å². The van der Waals surface area contributed by atoms with Crippen molar-refractivity contribution in [3.8, 4) is 0 Å². The van der Waals surface area contributed by atoms with Gasteiger partial charge in [0.25, 0.3) is 0 Å². The van der Waals surface area contributed by atoms with Crippen LogP contribution in [0.1, 0.15) is 17.9 Å². The second-order valence-corrected chi connectivity index (χ2v) is 5.51. The number of nitrogens with zero attached hydrogens (tertiary/aromatic N) is 1. The molecule has 2 aliphatic rings. The van der Waals surface area contributed by atoms with Crippen molar-refractivity contribution in [2.75, 3.05) is 25.5 Å². The van der Waals surface area contributed by atoms with E-state index in [0.717, 1.165) is 25.2 Å². The van der Waals surface area contributed by atoms with Gasteiger partial charge < -0.3 is 15.3 Å². The number of anilines is 1. The maximum atomic E-state index is 13.4. The van der Waals surface area contributed by atoms with E-state index in [1.54, 1.807) is 6.07 Å². The highest BCUT2D eigenvalue weighted by Gasteiger charge is 2.43. The molecule has 5 heteroatoms. The molecule has 0 spiro atoms. The molecule has 2 aliphatic heterocycles. The first kappa shape index (κ1) is 12.4. The zero-order valence-corrected chi connectivity index (χ0v) is 10.8. The van der Waals surface area contributed by atoms with Gasteiger partial charge in [-0.25, -0.2) is 4.39 Å². The monoisotopic (exact) mass is 264 g/mol. The van der Waals surface area contributed by atoms with Crippen LogP contribution in [0.4, 0.5) is 10.1 Å². The molecule has 3 rings (SSSR count). The van der Waals surface area contributed by atoms with E-state index in [0.29, 0.717) is 5.56 Å². The highest BCUT2D eigenvalue weighted by Crippen LogP contribution is 2.41. The minimum absolute atomic E-state index is 0.00875. The third kappa shape index (κ3) is 2.08. The standard InChI is InChI=1S/C14H17FN2O2/c1-17-5-4-12-10(7-17)13(14(18)19)9-6-8(15)2-3-11(9)16-12/h2-3,6,10,12-13,16H,4-5,7H2,1H3,(H,18,19). The van der Waals surface area contributed by atoms with Gasteiger partial charge in [0, 0.05) is 24.2 Å². The Bertz CT molecular complexity index is 520. The average Bonchev–Trinajstić information content (AvgIpc) is 2.35. The molecule has 0 radical (unpaired) electrons. The third-order valence-electron chi connectivity index (χ3n) is 4.24. The first-order valence-corrected chi connectivity index (χ1v) is 6.53. The molecular formula is C14H17FN2O2. The normalized spacial score (nSPS) is 30.1. The maximum Gasteiger partial charge on any atom is 0.311 e. The van der Waals surface area contributed by atoms with Gasteiger partial charge in [0.1, 0.15) is 5.82 Å². The molecule has 3 unspecified atom stereocenters. The molecular weight excluding hydrogens is 247 g/mol. The van der Waals surface area contributed by atoms with Crippen molar-refractivity contribution in [2.45, 2.75) is 18.4 Å². The van der Waals surface area contributed by atoms with E-state index in [1.807, 2.05) is 7.05 Å². The van der Waals surface area contributed by atoms with Crippen molar-refractivity contribution in [2.24, 2.45) is 5.92 Å². The molecule has 3 atom stereocenters. The van der Waals surface area contributed by atoms with Gasteiger partial charge in [-0.15, -0.1) is 0 Å². The van der Waals surface area contributed by atoms with E-state index < -0.39 is 11.9 Å². The number of nitrogens with one attached hydrogen (secondary N) is 1. The molecule has 4 nitrogen and oxygen atoms in total. The Balaban J connectivity index is 2.05. The predicted octanol–water partition coefficient (Wildman–Crippen LogP) is 1.74. The Labute approximate surface area is 111 Å². The van der Waals surface area contributed by atoms with Gasteiger partial charge in [-0.3, -0.25) is 4.79 Å². The quantitative estimate of drug-likeness (QED) is 0.811. The average molecular weight is 264 g/mol. The van der Waals surface area contributed by atoms with Crippen molar-refractivity contribution >= 4 is 11.7 Å². The highest BCUT2D eigenvalue weighted by atomic mass is 19.1. The predicted molar refractivity (Wildman–Crippen MR) is 69.8 cm³/mol. The molecule has 0 aliphatic carbocycles. The van der Waals surface area contributed by atoms with Gasteiger partial charge in [0.15, 0.2) is 0 Å². The number of likely N-dealkylation sites (tertiary alicyclic amines) is 1. The van der Waals surface area contributed by atoms with Crippen LogP contribution in [-0.2, 0) is 4.79 Å². The van der Waals surface area contributed by atoms with E-state index in [-0.39, 0.29) is 17.8 Å². The second kappa shape index (κ2) is 4.49. The van der Waals surface area contributed by atoms with Gasteiger partial charge in [0.2, 0.25) is 0 Å². The van der Waals surface area contributed by atoms with Crippen LogP contribution in [0, 0.1) is 11.7 Å². The molecule has 0 amide bonds. The molecule has 1 aromatic carbocycles. The summed E-state index contributed by atoms with van der Waals surface area (Å²) in [6.45, 7) is 1.68. The zero-order valence-electron chi connectivity index (χ0n) is 10.8. The summed E-state index contributed by atoms with van der Waals surface area (Å²) in [6, 6.07) is 4.54. The maximum absolute atomic E-state index is 13.4. The lowest BCUT2D eigenvalue weighted by atomic mass is 9.74. The van der Waals surface area contributed by atoms with Crippen molar-refractivity contribution in [1.82, 2.24) is 4.90 Å². The fraction of sp³-hybridized carbons (Fsp3) is 0.500.